The van der Waals surface area contributed by atoms with Crippen LogP contribution in [0.25, 0.3) is 0 Å². The average molecular weight is 259 g/mol. The summed E-state index contributed by atoms with van der Waals surface area (Å²) in [6.07, 6.45) is 11.0. The molecule has 1 unspecified atom stereocenters. The summed E-state index contributed by atoms with van der Waals surface area (Å²) in [7, 11) is 0. The monoisotopic (exact) mass is 259 g/mol. The molecule has 0 nitrogen and oxygen atoms in total. The SMILES string of the molecule is CCCCCCCCC(C)[C](C)Cc1ccccc1. The lowest BCUT2D eigenvalue weighted by Crippen LogP contribution is -2.08. The van der Waals surface area contributed by atoms with E-state index in [2.05, 4.69) is 51.1 Å². The maximum Gasteiger partial charge on any atom is -0.0200 e. The Labute approximate surface area is 120 Å². The molecule has 0 bridgehead atoms. The van der Waals surface area contributed by atoms with Gasteiger partial charge in [-0.1, -0.05) is 96.0 Å². The van der Waals surface area contributed by atoms with Crippen molar-refractivity contribution in [1.29, 1.82) is 0 Å². The molecule has 0 aliphatic heterocycles. The Morgan fingerprint density at radius 1 is 0.947 bits per heavy atom. The second-order valence-electron chi connectivity index (χ2n) is 5.97. The van der Waals surface area contributed by atoms with Crippen LogP contribution in [0.5, 0.6) is 0 Å². The summed E-state index contributed by atoms with van der Waals surface area (Å²) in [5.74, 6) is 2.41. The third-order valence-corrected chi connectivity index (χ3v) is 4.16. The Bertz CT molecular complexity index is 301. The number of unbranched alkanes of at least 4 members (excludes halogenated alkanes) is 5. The summed E-state index contributed by atoms with van der Waals surface area (Å²) in [6.45, 7) is 7.00. The Balaban J connectivity index is 2.13. The Hall–Kier alpha value is -0.780. The molecular weight excluding hydrogens is 228 g/mol. The molecule has 0 saturated carbocycles. The second-order valence-corrected chi connectivity index (χ2v) is 5.97. The van der Waals surface area contributed by atoms with Gasteiger partial charge in [0.15, 0.2) is 0 Å². The Morgan fingerprint density at radius 3 is 2.26 bits per heavy atom. The van der Waals surface area contributed by atoms with Crippen molar-refractivity contribution in [2.75, 3.05) is 0 Å². The maximum absolute atomic E-state index is 2.39. The standard InChI is InChI=1S/C19H31/c1-4-5-6-7-8-10-13-17(2)18(3)16-19-14-11-9-12-15-19/h9,11-12,14-15,17H,4-8,10,13,16H2,1-3H3. The lowest BCUT2D eigenvalue weighted by atomic mass is 9.86. The summed E-state index contributed by atoms with van der Waals surface area (Å²) in [4.78, 5) is 0. The van der Waals surface area contributed by atoms with Gasteiger partial charge in [0.1, 0.15) is 0 Å². The van der Waals surface area contributed by atoms with Crippen molar-refractivity contribution < 1.29 is 0 Å². The molecule has 0 aliphatic carbocycles. The van der Waals surface area contributed by atoms with Crippen molar-refractivity contribution in [2.45, 2.75) is 72.1 Å². The highest BCUT2D eigenvalue weighted by Gasteiger charge is 2.12. The van der Waals surface area contributed by atoms with Gasteiger partial charge in [-0.05, 0) is 23.8 Å². The van der Waals surface area contributed by atoms with Gasteiger partial charge < -0.3 is 0 Å². The van der Waals surface area contributed by atoms with Crippen molar-refractivity contribution in [3.05, 3.63) is 41.8 Å². The van der Waals surface area contributed by atoms with Gasteiger partial charge in [0.05, 0.1) is 0 Å². The zero-order chi connectivity index (χ0) is 13.9. The topological polar surface area (TPSA) is 0 Å². The zero-order valence-corrected chi connectivity index (χ0v) is 13.1. The lowest BCUT2D eigenvalue weighted by Gasteiger charge is -2.19. The molecule has 0 spiro atoms. The van der Waals surface area contributed by atoms with Crippen LogP contribution >= 0.6 is 0 Å². The number of benzene rings is 1. The summed E-state index contributed by atoms with van der Waals surface area (Å²) < 4.78 is 0. The molecule has 19 heavy (non-hydrogen) atoms. The van der Waals surface area contributed by atoms with Crippen LogP contribution in [0.3, 0.4) is 0 Å². The second kappa shape index (κ2) is 10.1. The predicted octanol–water partition coefficient (Wildman–Crippen LogP) is 6.21. The first-order valence-corrected chi connectivity index (χ1v) is 8.10. The first-order chi connectivity index (χ1) is 9.24. The Kier molecular flexibility index (Phi) is 8.62. The molecule has 0 heteroatoms. The fraction of sp³-hybridized carbons (Fsp3) is 0.632. The molecule has 1 aromatic carbocycles. The van der Waals surface area contributed by atoms with E-state index in [9.17, 15) is 0 Å². The van der Waals surface area contributed by atoms with E-state index in [1.54, 1.807) is 5.92 Å². The van der Waals surface area contributed by atoms with Crippen LogP contribution in [-0.4, -0.2) is 0 Å². The van der Waals surface area contributed by atoms with Gasteiger partial charge in [-0.2, -0.15) is 0 Å². The van der Waals surface area contributed by atoms with Crippen LogP contribution in [0.4, 0.5) is 0 Å². The first-order valence-electron chi connectivity index (χ1n) is 8.10. The van der Waals surface area contributed by atoms with Gasteiger partial charge >= 0.3 is 0 Å². The van der Waals surface area contributed by atoms with Gasteiger partial charge in [-0.15, -0.1) is 0 Å². The van der Waals surface area contributed by atoms with Crippen LogP contribution in [0.2, 0.25) is 0 Å². The lowest BCUT2D eigenvalue weighted by molar-refractivity contribution is 0.485. The smallest absolute Gasteiger partial charge is 0.0200 e. The molecule has 107 valence electrons. The average Bonchev–Trinajstić information content (AvgIpc) is 2.43. The minimum absolute atomic E-state index is 0.770. The number of hydrogen-bond acceptors (Lipinski definition) is 0. The molecule has 1 radical (unpaired) electrons. The molecule has 1 atom stereocenters. The van der Waals surface area contributed by atoms with Crippen LogP contribution in [0.1, 0.15) is 71.3 Å². The summed E-state index contributed by atoms with van der Waals surface area (Å²) in [6, 6.07) is 10.8. The van der Waals surface area contributed by atoms with E-state index in [1.165, 1.54) is 50.5 Å². The first kappa shape index (κ1) is 16.3. The third kappa shape index (κ3) is 7.40. The molecule has 0 aliphatic rings. The quantitative estimate of drug-likeness (QED) is 0.438. The molecule has 0 saturated heterocycles. The summed E-state index contributed by atoms with van der Waals surface area (Å²) in [5, 5.41) is 0. The van der Waals surface area contributed by atoms with Crippen LogP contribution in [-0.2, 0) is 6.42 Å². The minimum atomic E-state index is 0.770. The molecule has 0 amide bonds. The van der Waals surface area contributed by atoms with Gasteiger partial charge in [0, 0.05) is 0 Å². The summed E-state index contributed by atoms with van der Waals surface area (Å²) in [5.41, 5.74) is 1.45. The highest BCUT2D eigenvalue weighted by atomic mass is 14.2. The Morgan fingerprint density at radius 2 is 1.58 bits per heavy atom. The van der Waals surface area contributed by atoms with E-state index < -0.39 is 0 Å². The van der Waals surface area contributed by atoms with Gasteiger partial charge in [0.25, 0.3) is 0 Å². The van der Waals surface area contributed by atoms with Crippen LogP contribution < -0.4 is 0 Å². The largest absolute Gasteiger partial charge is 0.0654 e. The van der Waals surface area contributed by atoms with Crippen molar-refractivity contribution in [2.24, 2.45) is 5.92 Å². The molecule has 1 rings (SSSR count). The van der Waals surface area contributed by atoms with Crippen molar-refractivity contribution in [3.8, 4) is 0 Å². The fourth-order valence-electron chi connectivity index (χ4n) is 2.57. The van der Waals surface area contributed by atoms with E-state index >= 15 is 0 Å². The molecule has 0 aromatic heterocycles. The van der Waals surface area contributed by atoms with Gasteiger partial charge in [-0.25, -0.2) is 0 Å². The van der Waals surface area contributed by atoms with Crippen molar-refractivity contribution >= 4 is 0 Å². The predicted molar refractivity (Wildman–Crippen MR) is 86.2 cm³/mol. The van der Waals surface area contributed by atoms with E-state index in [0.717, 1.165) is 12.3 Å². The van der Waals surface area contributed by atoms with E-state index in [0.29, 0.717) is 0 Å². The van der Waals surface area contributed by atoms with Crippen LogP contribution in [0, 0.1) is 11.8 Å². The third-order valence-electron chi connectivity index (χ3n) is 4.16. The highest BCUT2D eigenvalue weighted by Crippen LogP contribution is 2.24. The zero-order valence-electron chi connectivity index (χ0n) is 13.1. The van der Waals surface area contributed by atoms with Crippen LogP contribution in [0.15, 0.2) is 30.3 Å². The minimum Gasteiger partial charge on any atom is -0.0654 e. The van der Waals surface area contributed by atoms with Crippen molar-refractivity contribution in [1.82, 2.24) is 0 Å². The molecule has 0 heterocycles. The van der Waals surface area contributed by atoms with Crippen molar-refractivity contribution in [3.63, 3.8) is 0 Å². The molecular formula is C19H31. The molecule has 0 N–H and O–H groups in total. The van der Waals surface area contributed by atoms with E-state index in [4.69, 9.17) is 0 Å². The van der Waals surface area contributed by atoms with Gasteiger partial charge in [-0.3, -0.25) is 0 Å². The maximum atomic E-state index is 2.39. The number of hydrogen-bond donors (Lipinski definition) is 0. The highest BCUT2D eigenvalue weighted by molar-refractivity contribution is 5.19. The molecule has 0 fully saturated rings. The van der Waals surface area contributed by atoms with Gasteiger partial charge in [0.2, 0.25) is 0 Å². The summed E-state index contributed by atoms with van der Waals surface area (Å²) >= 11 is 0. The number of rotatable bonds is 10. The fourth-order valence-corrected chi connectivity index (χ4v) is 2.57. The molecule has 1 aromatic rings. The van der Waals surface area contributed by atoms with E-state index in [-0.39, 0.29) is 0 Å². The van der Waals surface area contributed by atoms with E-state index in [1.807, 2.05) is 0 Å². The normalized spacial score (nSPS) is 12.8.